The van der Waals surface area contributed by atoms with Crippen LogP contribution in [0.2, 0.25) is 0 Å². The zero-order valence-electron chi connectivity index (χ0n) is 14.9. The molecule has 1 aliphatic rings. The molecular weight excluding hydrogens is 318 g/mol. The maximum absolute atomic E-state index is 13.7. The van der Waals surface area contributed by atoms with Crippen LogP contribution in [0.5, 0.6) is 0 Å². The van der Waals surface area contributed by atoms with E-state index in [1.54, 1.807) is 0 Å². The highest BCUT2D eigenvalue weighted by Gasteiger charge is 2.41. The zero-order chi connectivity index (χ0) is 18.0. The van der Waals surface area contributed by atoms with Crippen molar-refractivity contribution in [3.63, 3.8) is 0 Å². The van der Waals surface area contributed by atoms with Crippen LogP contribution in [0.25, 0.3) is 0 Å². The minimum Gasteiger partial charge on any atom is -0.392 e. The Morgan fingerprint density at radius 3 is 2.44 bits per heavy atom. The average Bonchev–Trinajstić information content (AvgIpc) is 2.56. The molecule has 0 amide bonds. The highest BCUT2D eigenvalue weighted by molar-refractivity contribution is 5.36. The van der Waals surface area contributed by atoms with Gasteiger partial charge in [-0.25, -0.2) is 8.78 Å². The van der Waals surface area contributed by atoms with Gasteiger partial charge in [0.25, 0.3) is 0 Å². The molecule has 2 aromatic rings. The van der Waals surface area contributed by atoms with Crippen LogP contribution in [0.1, 0.15) is 62.1 Å². The lowest BCUT2D eigenvalue weighted by molar-refractivity contribution is 0.0413. The van der Waals surface area contributed by atoms with Crippen molar-refractivity contribution in [1.29, 1.82) is 0 Å². The summed E-state index contributed by atoms with van der Waals surface area (Å²) >= 11 is 0. The quantitative estimate of drug-likeness (QED) is 0.776. The Kier molecular flexibility index (Phi) is 5.24. The summed E-state index contributed by atoms with van der Waals surface area (Å²) in [5.74, 6) is -0.734. The van der Waals surface area contributed by atoms with Gasteiger partial charge in [-0.05, 0) is 54.0 Å². The average molecular weight is 344 g/mol. The first-order chi connectivity index (χ1) is 11.9. The normalized spacial score (nSPS) is 23.8. The van der Waals surface area contributed by atoms with Crippen molar-refractivity contribution in [3.05, 3.63) is 70.8 Å². The van der Waals surface area contributed by atoms with E-state index < -0.39 is 23.2 Å². The number of halogens is 2. The molecule has 0 aliphatic heterocycles. The van der Waals surface area contributed by atoms with Crippen LogP contribution in [0.3, 0.4) is 0 Å². The SMILES string of the molecule is CC(C)c1cccc([C@@]2(Cc3cc(F)cc(F)c3)CCCC[C@H]2O)c1. The number of aliphatic hydroxyl groups is 1. The summed E-state index contributed by atoms with van der Waals surface area (Å²) in [4.78, 5) is 0. The zero-order valence-corrected chi connectivity index (χ0v) is 14.9. The second-order valence-electron chi connectivity index (χ2n) is 7.65. The van der Waals surface area contributed by atoms with E-state index in [1.165, 1.54) is 17.7 Å². The molecule has 3 rings (SSSR count). The fourth-order valence-corrected chi connectivity index (χ4v) is 4.15. The monoisotopic (exact) mass is 344 g/mol. The smallest absolute Gasteiger partial charge is 0.126 e. The molecule has 0 spiro atoms. The van der Waals surface area contributed by atoms with Crippen molar-refractivity contribution >= 4 is 0 Å². The second kappa shape index (κ2) is 7.25. The van der Waals surface area contributed by atoms with Gasteiger partial charge in [0.2, 0.25) is 0 Å². The molecule has 2 aromatic carbocycles. The summed E-state index contributed by atoms with van der Waals surface area (Å²) in [6.07, 6.45) is 3.50. The summed E-state index contributed by atoms with van der Waals surface area (Å²) < 4.78 is 27.3. The third-order valence-electron chi connectivity index (χ3n) is 5.56. The molecule has 0 bridgehead atoms. The molecule has 134 valence electrons. The number of rotatable bonds is 4. The number of hydrogen-bond acceptors (Lipinski definition) is 1. The van der Waals surface area contributed by atoms with Crippen molar-refractivity contribution in [2.24, 2.45) is 0 Å². The molecule has 1 fully saturated rings. The summed E-state index contributed by atoms with van der Waals surface area (Å²) in [5.41, 5.74) is 2.42. The number of aliphatic hydroxyl groups excluding tert-OH is 1. The number of hydrogen-bond donors (Lipinski definition) is 1. The van der Waals surface area contributed by atoms with Crippen molar-refractivity contribution in [1.82, 2.24) is 0 Å². The van der Waals surface area contributed by atoms with Crippen molar-refractivity contribution in [3.8, 4) is 0 Å². The Labute approximate surface area is 148 Å². The summed E-state index contributed by atoms with van der Waals surface area (Å²) in [7, 11) is 0. The topological polar surface area (TPSA) is 20.2 Å². The number of benzene rings is 2. The van der Waals surface area contributed by atoms with E-state index >= 15 is 0 Å². The van der Waals surface area contributed by atoms with Gasteiger partial charge in [-0.15, -0.1) is 0 Å². The third kappa shape index (κ3) is 3.77. The molecule has 25 heavy (non-hydrogen) atoms. The molecule has 0 aromatic heterocycles. The van der Waals surface area contributed by atoms with Crippen LogP contribution in [0.4, 0.5) is 8.78 Å². The van der Waals surface area contributed by atoms with E-state index in [1.807, 2.05) is 6.07 Å². The van der Waals surface area contributed by atoms with Crippen LogP contribution in [-0.2, 0) is 11.8 Å². The van der Waals surface area contributed by atoms with E-state index in [0.717, 1.165) is 37.3 Å². The van der Waals surface area contributed by atoms with E-state index in [2.05, 4.69) is 32.0 Å². The van der Waals surface area contributed by atoms with Gasteiger partial charge < -0.3 is 5.11 Å². The Morgan fingerprint density at radius 2 is 1.80 bits per heavy atom. The molecular formula is C22H26F2O. The fourth-order valence-electron chi connectivity index (χ4n) is 4.15. The van der Waals surface area contributed by atoms with Crippen molar-refractivity contribution < 1.29 is 13.9 Å². The van der Waals surface area contributed by atoms with Gasteiger partial charge in [0.05, 0.1) is 6.10 Å². The summed E-state index contributed by atoms with van der Waals surface area (Å²) in [6.45, 7) is 4.29. The maximum atomic E-state index is 13.7. The highest BCUT2D eigenvalue weighted by atomic mass is 19.1. The minimum atomic E-state index is -0.564. The van der Waals surface area contributed by atoms with E-state index in [-0.39, 0.29) is 0 Å². The highest BCUT2D eigenvalue weighted by Crippen LogP contribution is 2.43. The van der Waals surface area contributed by atoms with Crippen LogP contribution in [0.15, 0.2) is 42.5 Å². The second-order valence-corrected chi connectivity index (χ2v) is 7.65. The summed E-state index contributed by atoms with van der Waals surface area (Å²) in [6, 6.07) is 12.0. The predicted molar refractivity (Wildman–Crippen MR) is 96.7 cm³/mol. The first-order valence-electron chi connectivity index (χ1n) is 9.14. The van der Waals surface area contributed by atoms with E-state index in [9.17, 15) is 13.9 Å². The van der Waals surface area contributed by atoms with Gasteiger partial charge in [0, 0.05) is 11.5 Å². The van der Waals surface area contributed by atoms with Gasteiger partial charge in [-0.2, -0.15) is 0 Å². The lowest BCUT2D eigenvalue weighted by atomic mass is 9.64. The minimum absolute atomic E-state index is 0.393. The lowest BCUT2D eigenvalue weighted by Crippen LogP contribution is -2.44. The molecule has 1 nitrogen and oxygen atoms in total. The van der Waals surface area contributed by atoms with Gasteiger partial charge >= 0.3 is 0 Å². The Bertz CT molecular complexity index is 720. The van der Waals surface area contributed by atoms with Crippen LogP contribution in [-0.4, -0.2) is 11.2 Å². The van der Waals surface area contributed by atoms with E-state index in [0.29, 0.717) is 17.9 Å². The first kappa shape index (κ1) is 18.1. The van der Waals surface area contributed by atoms with Crippen LogP contribution in [0, 0.1) is 11.6 Å². The Morgan fingerprint density at radius 1 is 1.08 bits per heavy atom. The first-order valence-corrected chi connectivity index (χ1v) is 9.14. The van der Waals surface area contributed by atoms with Gasteiger partial charge in [0.1, 0.15) is 11.6 Å². The van der Waals surface area contributed by atoms with Crippen LogP contribution >= 0.6 is 0 Å². The Hall–Kier alpha value is -1.74. The lowest BCUT2D eigenvalue weighted by Gasteiger charge is -2.42. The maximum Gasteiger partial charge on any atom is 0.126 e. The van der Waals surface area contributed by atoms with Crippen molar-refractivity contribution in [2.45, 2.75) is 63.4 Å². The van der Waals surface area contributed by atoms with Crippen molar-refractivity contribution in [2.75, 3.05) is 0 Å². The molecule has 0 radical (unpaired) electrons. The van der Waals surface area contributed by atoms with Gasteiger partial charge in [0.15, 0.2) is 0 Å². The Balaban J connectivity index is 2.06. The molecule has 3 heteroatoms. The molecule has 1 saturated carbocycles. The fraction of sp³-hybridized carbons (Fsp3) is 0.455. The molecule has 0 unspecified atom stereocenters. The molecule has 0 saturated heterocycles. The summed E-state index contributed by atoms with van der Waals surface area (Å²) in [5, 5.41) is 10.9. The standard InChI is InChI=1S/C22H26F2O/c1-15(2)17-6-5-7-18(12-17)22(9-4-3-8-21(22)25)14-16-10-19(23)13-20(24)11-16/h5-7,10-13,15,21,25H,3-4,8-9,14H2,1-2H3/t21-,22+/m1/s1. The molecule has 1 N–H and O–H groups in total. The van der Waals surface area contributed by atoms with Gasteiger partial charge in [-0.1, -0.05) is 51.0 Å². The van der Waals surface area contributed by atoms with Crippen LogP contribution < -0.4 is 0 Å². The molecule has 2 atom stereocenters. The largest absolute Gasteiger partial charge is 0.392 e. The van der Waals surface area contributed by atoms with Gasteiger partial charge in [-0.3, -0.25) is 0 Å². The third-order valence-corrected chi connectivity index (χ3v) is 5.56. The predicted octanol–water partition coefficient (Wildman–Crippen LogP) is 5.50. The molecule has 0 heterocycles. The molecule has 1 aliphatic carbocycles. The van der Waals surface area contributed by atoms with E-state index in [4.69, 9.17) is 0 Å².